The fourth-order valence-corrected chi connectivity index (χ4v) is 5.33. The number of hydrogen-bond donors (Lipinski definition) is 2. The van der Waals surface area contributed by atoms with E-state index in [1.807, 2.05) is 31.7 Å². The van der Waals surface area contributed by atoms with Crippen LogP contribution >= 0.6 is 0 Å². The van der Waals surface area contributed by atoms with Crippen LogP contribution in [0.15, 0.2) is 45.7 Å². The molecule has 194 valence electrons. The summed E-state index contributed by atoms with van der Waals surface area (Å²) in [6.07, 6.45) is 5.14. The van der Waals surface area contributed by atoms with Crippen LogP contribution in [0, 0.1) is 11.6 Å². The average Bonchev–Trinajstić information content (AvgIpc) is 2.86. The summed E-state index contributed by atoms with van der Waals surface area (Å²) in [6, 6.07) is 4.27. The van der Waals surface area contributed by atoms with Crippen molar-refractivity contribution in [3.05, 3.63) is 58.0 Å². The fourth-order valence-electron chi connectivity index (χ4n) is 5.33. The van der Waals surface area contributed by atoms with E-state index in [0.717, 1.165) is 24.5 Å². The summed E-state index contributed by atoms with van der Waals surface area (Å²) in [7, 11) is 0. The number of rotatable bonds is 5. The Kier molecular flexibility index (Phi) is 6.76. The number of aromatic hydroxyl groups is 1. The first-order valence-corrected chi connectivity index (χ1v) is 12.6. The number of nitrogens with zero attached hydrogens (tertiary/aromatic N) is 5. The lowest BCUT2D eigenvalue weighted by molar-refractivity contribution is 0.427. The van der Waals surface area contributed by atoms with Crippen molar-refractivity contribution < 1.29 is 13.9 Å². The van der Waals surface area contributed by atoms with Gasteiger partial charge in [-0.3, -0.25) is 9.56 Å². The molecular weight excluding hydrogens is 478 g/mol. The van der Waals surface area contributed by atoms with Crippen LogP contribution in [0.25, 0.3) is 22.3 Å². The fraction of sp³-hybridized carbons (Fsp3) is 0.407. The van der Waals surface area contributed by atoms with Gasteiger partial charge < -0.3 is 15.3 Å². The highest BCUT2D eigenvalue weighted by atomic mass is 19.1. The number of dihydropyridines is 1. The van der Waals surface area contributed by atoms with E-state index in [1.54, 1.807) is 6.21 Å². The van der Waals surface area contributed by atoms with Gasteiger partial charge in [0.15, 0.2) is 5.82 Å². The number of halogens is 2. The molecule has 1 fully saturated rings. The topological polar surface area (TPSA) is 95.6 Å². The largest absolute Gasteiger partial charge is 0.507 e. The van der Waals surface area contributed by atoms with E-state index in [1.165, 1.54) is 22.8 Å². The van der Waals surface area contributed by atoms with Gasteiger partial charge in [0.2, 0.25) is 0 Å². The quantitative estimate of drug-likeness (QED) is 0.541. The second-order valence-corrected chi connectivity index (χ2v) is 9.67. The molecule has 1 aromatic carbocycles. The maximum absolute atomic E-state index is 15.6. The number of allylic oxidation sites excluding steroid dienone is 1. The third-order valence-electron chi connectivity index (χ3n) is 7.14. The molecule has 0 radical (unpaired) electrons. The number of aromatic nitrogens is 3. The van der Waals surface area contributed by atoms with Crippen molar-refractivity contribution in [2.24, 2.45) is 4.99 Å². The summed E-state index contributed by atoms with van der Waals surface area (Å²) in [6.45, 7) is 7.90. The minimum Gasteiger partial charge on any atom is -0.507 e. The Morgan fingerprint density at radius 2 is 2.03 bits per heavy atom. The molecule has 2 unspecified atom stereocenters. The molecule has 0 amide bonds. The second-order valence-electron chi connectivity index (χ2n) is 9.67. The summed E-state index contributed by atoms with van der Waals surface area (Å²) < 4.78 is 31.9. The summed E-state index contributed by atoms with van der Waals surface area (Å²) in [5.74, 6) is -1.73. The van der Waals surface area contributed by atoms with Crippen LogP contribution in [0.1, 0.15) is 39.7 Å². The van der Waals surface area contributed by atoms with E-state index < -0.39 is 29.1 Å². The minimum absolute atomic E-state index is 0.00630. The molecule has 0 bridgehead atoms. The Hall–Kier alpha value is -3.66. The molecule has 3 atom stereocenters. The molecule has 8 nitrogen and oxygen atoms in total. The number of piperazine rings is 1. The van der Waals surface area contributed by atoms with Gasteiger partial charge in [-0.15, -0.1) is 0 Å². The number of aliphatic imine (C=N–C) groups is 1. The minimum atomic E-state index is -0.817. The van der Waals surface area contributed by atoms with Gasteiger partial charge in [-0.05, 0) is 50.1 Å². The van der Waals surface area contributed by atoms with Crippen molar-refractivity contribution in [3.8, 4) is 17.0 Å². The standard InChI is InChI=1S/C27H30F2N6O2/c1-4-6-20-24(15(2)9-10-31-20)35-26-17(25(33-27(35)37)34-12-11-30-14-16(34)3)13-19(29)23(32-26)22-18(28)7-5-8-21(22)36/h5,7-10,13,16,20,24,30,36H,4,6,11-12,14H2,1-3H3/t16-,20?,24?/m0/s1. The summed E-state index contributed by atoms with van der Waals surface area (Å²) >= 11 is 0. The Bertz CT molecular complexity index is 1450. The number of hydrogen-bond acceptors (Lipinski definition) is 7. The van der Waals surface area contributed by atoms with E-state index in [0.29, 0.717) is 30.8 Å². The van der Waals surface area contributed by atoms with Crippen LogP contribution in [-0.2, 0) is 0 Å². The lowest BCUT2D eigenvalue weighted by Gasteiger charge is -2.36. The van der Waals surface area contributed by atoms with Gasteiger partial charge in [0, 0.05) is 31.9 Å². The Morgan fingerprint density at radius 3 is 2.76 bits per heavy atom. The van der Waals surface area contributed by atoms with E-state index in [4.69, 9.17) is 0 Å². The first-order valence-electron chi connectivity index (χ1n) is 12.6. The van der Waals surface area contributed by atoms with E-state index >= 15 is 4.39 Å². The average molecular weight is 509 g/mol. The summed E-state index contributed by atoms with van der Waals surface area (Å²) in [5, 5.41) is 14.0. The zero-order chi connectivity index (χ0) is 26.3. The van der Waals surface area contributed by atoms with Gasteiger partial charge in [-0.25, -0.2) is 18.6 Å². The maximum Gasteiger partial charge on any atom is 0.351 e. The van der Waals surface area contributed by atoms with Crippen molar-refractivity contribution in [3.63, 3.8) is 0 Å². The van der Waals surface area contributed by atoms with Crippen molar-refractivity contribution in [2.75, 3.05) is 24.5 Å². The lowest BCUT2D eigenvalue weighted by atomic mass is 9.94. The zero-order valence-electron chi connectivity index (χ0n) is 21.1. The van der Waals surface area contributed by atoms with Crippen LogP contribution in [0.5, 0.6) is 5.75 Å². The second kappa shape index (κ2) is 10.0. The van der Waals surface area contributed by atoms with Crippen LogP contribution in [0.3, 0.4) is 0 Å². The van der Waals surface area contributed by atoms with Crippen LogP contribution < -0.4 is 15.9 Å². The molecule has 0 spiro atoms. The molecule has 3 aromatic rings. The molecule has 4 heterocycles. The van der Waals surface area contributed by atoms with Crippen molar-refractivity contribution >= 4 is 23.1 Å². The van der Waals surface area contributed by atoms with Gasteiger partial charge in [-0.1, -0.05) is 19.4 Å². The summed E-state index contributed by atoms with van der Waals surface area (Å²) in [4.78, 5) is 29.3. The van der Waals surface area contributed by atoms with Crippen LogP contribution in [0.2, 0.25) is 0 Å². The van der Waals surface area contributed by atoms with Gasteiger partial charge in [0.1, 0.15) is 28.7 Å². The highest BCUT2D eigenvalue weighted by Crippen LogP contribution is 2.37. The highest BCUT2D eigenvalue weighted by Gasteiger charge is 2.32. The first-order chi connectivity index (χ1) is 17.8. The SMILES string of the molecule is CCCC1N=CC=C(C)C1n1c(=O)nc(N2CCNC[C@@H]2C)c2cc(F)c(-c3c(O)cccc3F)nc21. The Labute approximate surface area is 213 Å². The summed E-state index contributed by atoms with van der Waals surface area (Å²) in [5.41, 5.74) is -0.185. The number of nitrogens with one attached hydrogen (secondary N) is 1. The third kappa shape index (κ3) is 4.39. The number of fused-ring (bicyclic) bond motifs is 1. The van der Waals surface area contributed by atoms with Gasteiger partial charge in [0.05, 0.1) is 23.0 Å². The van der Waals surface area contributed by atoms with Crippen LogP contribution in [-0.4, -0.2) is 57.6 Å². The molecule has 0 aliphatic carbocycles. The molecule has 5 rings (SSSR count). The van der Waals surface area contributed by atoms with Gasteiger partial charge >= 0.3 is 5.69 Å². The van der Waals surface area contributed by atoms with Crippen molar-refractivity contribution in [1.29, 1.82) is 0 Å². The van der Waals surface area contributed by atoms with E-state index in [-0.39, 0.29) is 29.0 Å². The molecule has 10 heteroatoms. The Balaban J connectivity index is 1.84. The van der Waals surface area contributed by atoms with Crippen LogP contribution in [0.4, 0.5) is 14.6 Å². The first kappa shape index (κ1) is 25.0. The molecular formula is C27H30F2N6O2. The van der Waals surface area contributed by atoms with E-state index in [2.05, 4.69) is 20.3 Å². The predicted octanol–water partition coefficient (Wildman–Crippen LogP) is 3.98. The molecule has 2 N–H and O–H groups in total. The highest BCUT2D eigenvalue weighted by molar-refractivity contribution is 5.90. The smallest absolute Gasteiger partial charge is 0.351 e. The van der Waals surface area contributed by atoms with Gasteiger partial charge in [0.25, 0.3) is 0 Å². The maximum atomic E-state index is 15.6. The normalized spacial score (nSPS) is 21.9. The zero-order valence-corrected chi connectivity index (χ0v) is 21.1. The van der Waals surface area contributed by atoms with Gasteiger partial charge in [-0.2, -0.15) is 4.98 Å². The predicted molar refractivity (Wildman–Crippen MR) is 140 cm³/mol. The van der Waals surface area contributed by atoms with Crippen molar-refractivity contribution in [1.82, 2.24) is 19.9 Å². The number of anilines is 1. The molecule has 0 saturated carbocycles. The molecule has 1 saturated heterocycles. The number of phenols is 1. The molecule has 2 aliphatic heterocycles. The monoisotopic (exact) mass is 508 g/mol. The molecule has 37 heavy (non-hydrogen) atoms. The third-order valence-corrected chi connectivity index (χ3v) is 7.14. The number of phenolic OH excluding ortho intramolecular Hbond substituents is 1. The number of pyridine rings is 1. The molecule has 2 aromatic heterocycles. The van der Waals surface area contributed by atoms with Crippen molar-refractivity contribution in [2.45, 2.75) is 51.7 Å². The number of benzene rings is 1. The van der Waals surface area contributed by atoms with E-state index in [9.17, 15) is 14.3 Å². The Morgan fingerprint density at radius 1 is 1.22 bits per heavy atom. The molecule has 2 aliphatic rings. The lowest BCUT2D eigenvalue weighted by Crippen LogP contribution is -2.51.